The second-order valence-electron chi connectivity index (χ2n) is 3.91. The average Bonchev–Trinajstić information content (AvgIpc) is 2.17. The number of carbonyl (C=O) groups excluding carboxylic acids is 2. The lowest BCUT2D eigenvalue weighted by molar-refractivity contribution is -0.121. The van der Waals surface area contributed by atoms with Gasteiger partial charge in [-0.15, -0.1) is 0 Å². The number of hydrogen-bond donors (Lipinski definition) is 3. The molecule has 0 bridgehead atoms. The number of hydrogen-bond acceptors (Lipinski definition) is 4. The van der Waals surface area contributed by atoms with Gasteiger partial charge in [-0.25, -0.2) is 0 Å². The third-order valence-corrected chi connectivity index (χ3v) is 2.09. The maximum Gasteiger partial charge on any atom is 0.267 e. The van der Waals surface area contributed by atoms with Crippen LogP contribution in [0.3, 0.4) is 0 Å². The van der Waals surface area contributed by atoms with Crippen molar-refractivity contribution >= 4 is 17.5 Å². The van der Waals surface area contributed by atoms with Crippen LogP contribution >= 0.6 is 0 Å². The van der Waals surface area contributed by atoms with Crippen LogP contribution < -0.4 is 16.8 Å². The van der Waals surface area contributed by atoms with Crippen LogP contribution in [0.1, 0.15) is 24.3 Å². The van der Waals surface area contributed by atoms with Crippen LogP contribution in [-0.4, -0.2) is 22.3 Å². The Morgan fingerprint density at radius 2 is 2.00 bits per heavy atom. The lowest BCUT2D eigenvalue weighted by Gasteiger charge is -2.23. The quantitative estimate of drug-likeness (QED) is 0.658. The van der Waals surface area contributed by atoms with Crippen molar-refractivity contribution in [1.82, 2.24) is 4.98 Å². The van der Waals surface area contributed by atoms with E-state index in [9.17, 15) is 9.59 Å². The van der Waals surface area contributed by atoms with Gasteiger partial charge in [-0.2, -0.15) is 0 Å². The van der Waals surface area contributed by atoms with Crippen LogP contribution in [0.15, 0.2) is 18.3 Å². The first-order valence-electron chi connectivity index (χ1n) is 4.67. The summed E-state index contributed by atoms with van der Waals surface area (Å²) < 4.78 is 0. The smallest absolute Gasteiger partial charge is 0.267 e. The van der Waals surface area contributed by atoms with Crippen molar-refractivity contribution in [3.63, 3.8) is 0 Å². The number of nitrogens with one attached hydrogen (secondary N) is 1. The van der Waals surface area contributed by atoms with Crippen molar-refractivity contribution < 1.29 is 9.59 Å². The van der Waals surface area contributed by atoms with Crippen LogP contribution in [0.4, 0.5) is 5.69 Å². The maximum atomic E-state index is 11.1. The Kier molecular flexibility index (Phi) is 3.12. The summed E-state index contributed by atoms with van der Waals surface area (Å²) in [4.78, 5) is 25.8. The molecule has 2 amide bonds. The molecule has 5 N–H and O–H groups in total. The molecule has 0 atom stereocenters. The Balaban J connectivity index is 2.94. The minimum Gasteiger partial charge on any atom is -0.372 e. The van der Waals surface area contributed by atoms with Crippen LogP contribution in [-0.2, 0) is 4.79 Å². The van der Waals surface area contributed by atoms with Gasteiger partial charge < -0.3 is 16.8 Å². The molecule has 1 heterocycles. The van der Waals surface area contributed by atoms with E-state index in [4.69, 9.17) is 11.5 Å². The number of amides is 2. The van der Waals surface area contributed by atoms with E-state index >= 15 is 0 Å². The third kappa shape index (κ3) is 2.69. The van der Waals surface area contributed by atoms with Gasteiger partial charge in [0.15, 0.2) is 0 Å². The number of aromatic nitrogens is 1. The fourth-order valence-corrected chi connectivity index (χ4v) is 1.07. The third-order valence-electron chi connectivity index (χ3n) is 2.09. The van der Waals surface area contributed by atoms with E-state index in [0.29, 0.717) is 5.69 Å². The zero-order valence-electron chi connectivity index (χ0n) is 9.15. The first-order valence-corrected chi connectivity index (χ1v) is 4.67. The Labute approximate surface area is 93.0 Å². The molecule has 1 aromatic rings. The minimum absolute atomic E-state index is 0.130. The fraction of sp³-hybridized carbons (Fsp3) is 0.300. The van der Waals surface area contributed by atoms with Gasteiger partial charge in [0.2, 0.25) is 5.91 Å². The van der Waals surface area contributed by atoms with Crippen molar-refractivity contribution in [2.75, 3.05) is 5.32 Å². The Bertz CT molecular complexity index is 429. The average molecular weight is 222 g/mol. The minimum atomic E-state index is -0.906. The van der Waals surface area contributed by atoms with Crippen molar-refractivity contribution in [3.05, 3.63) is 24.0 Å². The number of nitrogens with zero attached hydrogens (tertiary/aromatic N) is 1. The Hall–Kier alpha value is -2.11. The molecule has 1 rings (SSSR count). The highest BCUT2D eigenvalue weighted by Crippen LogP contribution is 2.14. The second kappa shape index (κ2) is 4.18. The van der Waals surface area contributed by atoms with Gasteiger partial charge in [0.05, 0.1) is 0 Å². The molecular weight excluding hydrogens is 208 g/mol. The lowest BCUT2D eigenvalue weighted by atomic mass is 10.0. The van der Waals surface area contributed by atoms with Crippen molar-refractivity contribution in [1.29, 1.82) is 0 Å². The van der Waals surface area contributed by atoms with Crippen molar-refractivity contribution in [2.24, 2.45) is 11.5 Å². The van der Waals surface area contributed by atoms with Gasteiger partial charge in [-0.1, -0.05) is 0 Å². The monoisotopic (exact) mass is 222 g/mol. The predicted molar refractivity (Wildman–Crippen MR) is 59.7 cm³/mol. The van der Waals surface area contributed by atoms with Gasteiger partial charge in [-0.3, -0.25) is 14.6 Å². The molecule has 0 aromatic carbocycles. The lowest BCUT2D eigenvalue weighted by Crippen LogP contribution is -2.45. The van der Waals surface area contributed by atoms with Gasteiger partial charge in [0, 0.05) is 11.9 Å². The maximum absolute atomic E-state index is 11.1. The molecule has 0 aliphatic carbocycles. The number of pyridine rings is 1. The van der Waals surface area contributed by atoms with Gasteiger partial charge >= 0.3 is 0 Å². The van der Waals surface area contributed by atoms with Crippen LogP contribution in [0.25, 0.3) is 0 Å². The summed E-state index contributed by atoms with van der Waals surface area (Å²) >= 11 is 0. The molecule has 0 saturated heterocycles. The Morgan fingerprint density at radius 1 is 1.38 bits per heavy atom. The fourth-order valence-electron chi connectivity index (χ4n) is 1.07. The largest absolute Gasteiger partial charge is 0.372 e. The van der Waals surface area contributed by atoms with Crippen LogP contribution in [0, 0.1) is 0 Å². The topological polar surface area (TPSA) is 111 Å². The molecule has 1 aromatic heterocycles. The molecule has 0 aliphatic heterocycles. The van der Waals surface area contributed by atoms with Crippen LogP contribution in [0.2, 0.25) is 0 Å². The number of anilines is 1. The molecule has 0 unspecified atom stereocenters. The normalized spacial score (nSPS) is 10.9. The molecule has 86 valence electrons. The van der Waals surface area contributed by atoms with E-state index in [-0.39, 0.29) is 5.69 Å². The van der Waals surface area contributed by atoms with Gasteiger partial charge in [-0.05, 0) is 26.0 Å². The molecule has 0 spiro atoms. The Morgan fingerprint density at radius 3 is 2.50 bits per heavy atom. The van der Waals surface area contributed by atoms with E-state index < -0.39 is 17.4 Å². The first kappa shape index (κ1) is 12.0. The highest BCUT2D eigenvalue weighted by molar-refractivity contribution is 5.92. The highest BCUT2D eigenvalue weighted by Gasteiger charge is 2.24. The van der Waals surface area contributed by atoms with E-state index in [1.165, 1.54) is 12.3 Å². The zero-order chi connectivity index (χ0) is 12.3. The standard InChI is InChI=1S/C10H14N4O2/c1-10(2,9(12)16)14-6-3-4-13-7(5-6)8(11)15/h3-5H,1-2H3,(H2,11,15)(H2,12,16)(H,13,14). The van der Waals surface area contributed by atoms with Crippen molar-refractivity contribution in [3.8, 4) is 0 Å². The summed E-state index contributed by atoms with van der Waals surface area (Å²) in [5, 5.41) is 2.89. The van der Waals surface area contributed by atoms with E-state index in [2.05, 4.69) is 10.3 Å². The summed E-state index contributed by atoms with van der Waals surface area (Å²) in [6.07, 6.45) is 1.43. The number of primary amides is 2. The molecule has 6 heteroatoms. The molecular formula is C10H14N4O2. The number of rotatable bonds is 4. The number of carbonyl (C=O) groups is 2. The molecule has 16 heavy (non-hydrogen) atoms. The zero-order valence-corrected chi connectivity index (χ0v) is 9.15. The second-order valence-corrected chi connectivity index (χ2v) is 3.91. The van der Waals surface area contributed by atoms with Crippen LogP contribution in [0.5, 0.6) is 0 Å². The summed E-state index contributed by atoms with van der Waals surface area (Å²) in [5.41, 5.74) is 10.1. The first-order chi connectivity index (χ1) is 7.33. The highest BCUT2D eigenvalue weighted by atomic mass is 16.2. The van der Waals surface area contributed by atoms with Crippen molar-refractivity contribution in [2.45, 2.75) is 19.4 Å². The summed E-state index contributed by atoms with van der Waals surface area (Å²) in [7, 11) is 0. The molecule has 0 aliphatic rings. The SMILES string of the molecule is CC(C)(Nc1ccnc(C(N)=O)c1)C(N)=O. The van der Waals surface area contributed by atoms with E-state index in [0.717, 1.165) is 0 Å². The van der Waals surface area contributed by atoms with E-state index in [1.807, 2.05) is 0 Å². The molecule has 0 fully saturated rings. The summed E-state index contributed by atoms with van der Waals surface area (Å²) in [6.45, 7) is 3.28. The molecule has 6 nitrogen and oxygen atoms in total. The predicted octanol–water partition coefficient (Wildman–Crippen LogP) is -0.144. The van der Waals surface area contributed by atoms with Gasteiger partial charge in [0.25, 0.3) is 5.91 Å². The summed E-state index contributed by atoms with van der Waals surface area (Å²) in [6, 6.07) is 3.09. The molecule has 0 saturated carbocycles. The summed E-state index contributed by atoms with van der Waals surface area (Å²) in [5.74, 6) is -1.12. The van der Waals surface area contributed by atoms with Gasteiger partial charge in [0.1, 0.15) is 11.2 Å². The van der Waals surface area contributed by atoms with E-state index in [1.54, 1.807) is 19.9 Å². The molecule has 0 radical (unpaired) electrons. The number of nitrogens with two attached hydrogens (primary N) is 2.